The average molecular weight is 413 g/mol. The number of amides is 2. The molecule has 2 aromatic carbocycles. The van der Waals surface area contributed by atoms with Crippen LogP contribution in [-0.4, -0.2) is 30.1 Å². The number of aromatic nitrogens is 1. The highest BCUT2D eigenvalue weighted by Crippen LogP contribution is 2.28. The van der Waals surface area contributed by atoms with Crippen molar-refractivity contribution in [1.82, 2.24) is 10.3 Å². The molecule has 1 fully saturated rings. The maximum atomic E-state index is 12.5. The van der Waals surface area contributed by atoms with Gasteiger partial charge in [-0.05, 0) is 36.4 Å². The van der Waals surface area contributed by atoms with Crippen molar-refractivity contribution >= 4 is 52.7 Å². The van der Waals surface area contributed by atoms with E-state index in [0.717, 1.165) is 37.1 Å². The number of halogens is 1. The molecule has 28 heavy (non-hydrogen) atoms. The van der Waals surface area contributed by atoms with Crippen LogP contribution in [0.2, 0.25) is 5.02 Å². The van der Waals surface area contributed by atoms with Crippen molar-refractivity contribution in [2.24, 2.45) is 0 Å². The number of urea groups is 1. The predicted molar refractivity (Wildman–Crippen MR) is 118 cm³/mol. The number of benzene rings is 2. The molecular weight excluding hydrogens is 392 g/mol. The van der Waals surface area contributed by atoms with Crippen LogP contribution in [-0.2, 0) is 0 Å². The number of nitrogens with zero attached hydrogens (tertiary/aromatic N) is 3. The second-order valence-corrected chi connectivity index (χ2v) is 7.64. The number of para-hydroxylation sites is 1. The smallest absolute Gasteiger partial charge is 0.332 e. The van der Waals surface area contributed by atoms with E-state index in [-0.39, 0.29) is 12.1 Å². The van der Waals surface area contributed by atoms with E-state index in [1.807, 2.05) is 36.5 Å². The second-order valence-electron chi connectivity index (χ2n) is 6.83. The normalized spacial score (nSPS) is 14.9. The molecule has 3 aromatic rings. The lowest BCUT2D eigenvalue weighted by molar-refractivity contribution is 0.243. The molecule has 4 rings (SSSR count). The zero-order valence-corrected chi connectivity index (χ0v) is 16.9. The van der Waals surface area contributed by atoms with Crippen molar-refractivity contribution in [1.29, 1.82) is 0 Å². The van der Waals surface area contributed by atoms with Crippen LogP contribution >= 0.6 is 24.4 Å². The molecule has 0 aliphatic carbocycles. The standard InChI is InChI=1S/C21H21ClN4OS/c22-18-7-3-4-8-19(18)26(28)21(27)24-16-10-13-25(14-11-16)20-17-6-2-1-5-15(17)9-12-23-20/h1-9,12,16,28H,10-11,13-14H2,(H,24,27). The molecule has 7 heteroatoms. The largest absolute Gasteiger partial charge is 0.356 e. The van der Waals surface area contributed by atoms with E-state index < -0.39 is 0 Å². The fourth-order valence-electron chi connectivity index (χ4n) is 3.56. The first-order valence-electron chi connectivity index (χ1n) is 9.26. The Labute approximate surface area is 174 Å². The quantitative estimate of drug-likeness (QED) is 0.600. The second kappa shape index (κ2) is 8.29. The summed E-state index contributed by atoms with van der Waals surface area (Å²) in [4.78, 5) is 19.4. The first-order valence-corrected chi connectivity index (χ1v) is 10.0. The van der Waals surface area contributed by atoms with E-state index >= 15 is 0 Å². The van der Waals surface area contributed by atoms with Crippen LogP contribution in [0.1, 0.15) is 12.8 Å². The summed E-state index contributed by atoms with van der Waals surface area (Å²) in [5, 5.41) is 5.90. The molecule has 2 amide bonds. The van der Waals surface area contributed by atoms with Crippen molar-refractivity contribution in [3.63, 3.8) is 0 Å². The Morgan fingerprint density at radius 1 is 1.11 bits per heavy atom. The number of hydrogen-bond donors (Lipinski definition) is 2. The molecule has 0 atom stereocenters. The van der Waals surface area contributed by atoms with Crippen LogP contribution in [0.25, 0.3) is 10.8 Å². The Balaban J connectivity index is 1.39. The number of pyridine rings is 1. The molecule has 1 aliphatic rings. The van der Waals surface area contributed by atoms with Crippen molar-refractivity contribution in [2.45, 2.75) is 18.9 Å². The highest BCUT2D eigenvalue weighted by atomic mass is 35.5. The highest BCUT2D eigenvalue weighted by Gasteiger charge is 2.24. The third-order valence-corrected chi connectivity index (χ3v) is 5.76. The summed E-state index contributed by atoms with van der Waals surface area (Å²) < 4.78 is 1.26. The van der Waals surface area contributed by atoms with Gasteiger partial charge < -0.3 is 10.2 Å². The minimum atomic E-state index is -0.266. The van der Waals surface area contributed by atoms with Gasteiger partial charge in [-0.3, -0.25) is 0 Å². The van der Waals surface area contributed by atoms with Crippen LogP contribution in [0.5, 0.6) is 0 Å². The first kappa shape index (κ1) is 18.9. The summed E-state index contributed by atoms with van der Waals surface area (Å²) in [6, 6.07) is 17.3. The van der Waals surface area contributed by atoms with Crippen molar-refractivity contribution in [3.8, 4) is 0 Å². The van der Waals surface area contributed by atoms with Crippen molar-refractivity contribution < 1.29 is 4.79 Å². The first-order chi connectivity index (χ1) is 13.6. The van der Waals surface area contributed by atoms with Gasteiger partial charge in [-0.1, -0.05) is 60.8 Å². The molecule has 0 radical (unpaired) electrons. The molecule has 1 saturated heterocycles. The predicted octanol–water partition coefficient (Wildman–Crippen LogP) is 4.92. The third-order valence-electron chi connectivity index (χ3n) is 5.05. The van der Waals surface area contributed by atoms with Gasteiger partial charge in [0.2, 0.25) is 0 Å². The third kappa shape index (κ3) is 3.88. The summed E-state index contributed by atoms with van der Waals surface area (Å²) in [6.07, 6.45) is 3.55. The minimum absolute atomic E-state index is 0.0934. The number of fused-ring (bicyclic) bond motifs is 1. The monoisotopic (exact) mass is 412 g/mol. The molecule has 2 heterocycles. The number of piperidine rings is 1. The van der Waals surface area contributed by atoms with E-state index in [1.54, 1.807) is 12.1 Å². The number of thiol groups is 1. The van der Waals surface area contributed by atoms with Gasteiger partial charge >= 0.3 is 6.03 Å². The Bertz CT molecular complexity index is 986. The van der Waals surface area contributed by atoms with E-state index in [9.17, 15) is 4.79 Å². The Morgan fingerprint density at radius 2 is 1.82 bits per heavy atom. The average Bonchev–Trinajstić information content (AvgIpc) is 2.74. The SMILES string of the molecule is O=C(NC1CCN(c2nccc3ccccc23)CC1)N(S)c1ccccc1Cl. The summed E-state index contributed by atoms with van der Waals surface area (Å²) >= 11 is 10.5. The van der Waals surface area contributed by atoms with E-state index in [2.05, 4.69) is 40.1 Å². The molecule has 144 valence electrons. The zero-order chi connectivity index (χ0) is 19.5. The number of carbonyl (C=O) groups is 1. The molecule has 1 aromatic heterocycles. The van der Waals surface area contributed by atoms with Crippen molar-refractivity contribution in [2.75, 3.05) is 22.3 Å². The molecule has 1 N–H and O–H groups in total. The van der Waals surface area contributed by atoms with Gasteiger partial charge in [0, 0.05) is 30.7 Å². The van der Waals surface area contributed by atoms with Crippen LogP contribution in [0.3, 0.4) is 0 Å². The van der Waals surface area contributed by atoms with Gasteiger partial charge in [0.25, 0.3) is 0 Å². The maximum Gasteiger partial charge on any atom is 0.332 e. The number of nitrogens with one attached hydrogen (secondary N) is 1. The van der Waals surface area contributed by atoms with Gasteiger partial charge in [0.15, 0.2) is 0 Å². The van der Waals surface area contributed by atoms with Crippen LogP contribution in [0, 0.1) is 0 Å². The van der Waals surface area contributed by atoms with Gasteiger partial charge in [-0.25, -0.2) is 14.1 Å². The van der Waals surface area contributed by atoms with Gasteiger partial charge in [0.05, 0.1) is 10.7 Å². The van der Waals surface area contributed by atoms with Gasteiger partial charge in [-0.2, -0.15) is 0 Å². The van der Waals surface area contributed by atoms with E-state index in [4.69, 9.17) is 11.6 Å². The lowest BCUT2D eigenvalue weighted by Gasteiger charge is -2.34. The fourth-order valence-corrected chi connectivity index (χ4v) is 4.07. The fraction of sp³-hybridized carbons (Fsp3) is 0.238. The number of rotatable bonds is 3. The lowest BCUT2D eigenvalue weighted by Crippen LogP contribution is -2.47. The molecule has 5 nitrogen and oxygen atoms in total. The molecule has 1 aliphatic heterocycles. The van der Waals surface area contributed by atoms with Gasteiger partial charge in [0.1, 0.15) is 5.82 Å². The number of carbonyl (C=O) groups excluding carboxylic acids is 1. The van der Waals surface area contributed by atoms with Crippen molar-refractivity contribution in [3.05, 3.63) is 65.8 Å². The maximum absolute atomic E-state index is 12.5. The molecule has 0 saturated carbocycles. The minimum Gasteiger partial charge on any atom is -0.356 e. The van der Waals surface area contributed by atoms with E-state index in [0.29, 0.717) is 10.7 Å². The molecule has 0 bridgehead atoms. The number of hydrogen-bond acceptors (Lipinski definition) is 4. The Kier molecular flexibility index (Phi) is 5.59. The molecule has 0 spiro atoms. The Morgan fingerprint density at radius 3 is 2.61 bits per heavy atom. The summed E-state index contributed by atoms with van der Waals surface area (Å²) in [5.74, 6) is 1.01. The summed E-state index contributed by atoms with van der Waals surface area (Å²) in [7, 11) is 0. The number of anilines is 2. The lowest BCUT2D eigenvalue weighted by atomic mass is 10.0. The van der Waals surface area contributed by atoms with E-state index in [1.165, 1.54) is 9.69 Å². The molecular formula is C21H21ClN4OS. The molecule has 0 unspecified atom stereocenters. The van der Waals surface area contributed by atoms with Crippen LogP contribution < -0.4 is 14.5 Å². The summed E-state index contributed by atoms with van der Waals surface area (Å²) in [5.41, 5.74) is 0.572. The van der Waals surface area contributed by atoms with Gasteiger partial charge in [-0.15, -0.1) is 0 Å². The highest BCUT2D eigenvalue weighted by molar-refractivity contribution is 7.82. The van der Waals surface area contributed by atoms with Crippen LogP contribution in [0.4, 0.5) is 16.3 Å². The topological polar surface area (TPSA) is 48.5 Å². The van der Waals surface area contributed by atoms with Crippen LogP contribution in [0.15, 0.2) is 60.8 Å². The summed E-state index contributed by atoms with van der Waals surface area (Å²) in [6.45, 7) is 1.68. The zero-order valence-electron chi connectivity index (χ0n) is 15.3. The Hall–Kier alpha value is -2.44.